The van der Waals surface area contributed by atoms with Gasteiger partial charge in [0.05, 0.1) is 0 Å². The van der Waals surface area contributed by atoms with E-state index in [1.807, 2.05) is 66.7 Å². The number of para-hydroxylation sites is 1. The number of carbonyl (C=O) groups is 1. The van der Waals surface area contributed by atoms with E-state index in [-0.39, 0.29) is 0 Å². The lowest BCUT2D eigenvalue weighted by Crippen LogP contribution is -2.10. The van der Waals surface area contributed by atoms with Crippen LogP contribution in [0.5, 0.6) is 5.75 Å². The van der Waals surface area contributed by atoms with Crippen LogP contribution in [0.25, 0.3) is 0 Å². The summed E-state index contributed by atoms with van der Waals surface area (Å²) in [7, 11) is 0. The molecule has 0 unspecified atom stereocenters. The maximum absolute atomic E-state index is 11.3. The zero-order valence-corrected chi connectivity index (χ0v) is 14.2. The Hall–Kier alpha value is -3.04. The van der Waals surface area contributed by atoms with Crippen LogP contribution in [0, 0.1) is 0 Å². The average molecular weight is 350 g/mol. The molecule has 0 amide bonds. The quantitative estimate of drug-likeness (QED) is 0.326. The number of benzene rings is 3. The van der Waals surface area contributed by atoms with Gasteiger partial charge in [-0.2, -0.15) is 0 Å². The van der Waals surface area contributed by atoms with Crippen LogP contribution in [-0.2, 0) is 4.79 Å². The molecule has 0 fully saturated rings. The lowest BCUT2D eigenvalue weighted by Gasteiger charge is -2.25. The molecule has 3 rings (SSSR count). The summed E-state index contributed by atoms with van der Waals surface area (Å²) in [6, 6.07) is 24.9. The van der Waals surface area contributed by atoms with Crippen LogP contribution >= 0.6 is 11.6 Å². The minimum absolute atomic E-state index is 0.470. The Balaban J connectivity index is 1.98. The molecule has 0 radical (unpaired) electrons. The van der Waals surface area contributed by atoms with Crippen molar-refractivity contribution < 1.29 is 9.53 Å². The first kappa shape index (κ1) is 16.8. The summed E-state index contributed by atoms with van der Waals surface area (Å²) in [6.45, 7) is 3.40. The second-order valence-electron chi connectivity index (χ2n) is 5.27. The molecule has 25 heavy (non-hydrogen) atoms. The molecule has 0 aromatic heterocycles. The Kier molecular flexibility index (Phi) is 5.17. The number of halogens is 1. The van der Waals surface area contributed by atoms with Gasteiger partial charge in [0, 0.05) is 28.2 Å². The number of anilines is 3. The summed E-state index contributed by atoms with van der Waals surface area (Å²) >= 11 is 6.02. The molecule has 0 saturated carbocycles. The molecule has 0 aliphatic heterocycles. The molecule has 3 nitrogen and oxygen atoms in total. The molecule has 4 heteroatoms. The average Bonchev–Trinajstić information content (AvgIpc) is 2.66. The Bertz CT molecular complexity index is 859. The Morgan fingerprint density at radius 2 is 1.36 bits per heavy atom. The van der Waals surface area contributed by atoms with E-state index in [2.05, 4.69) is 11.5 Å². The van der Waals surface area contributed by atoms with E-state index in [0.717, 1.165) is 23.1 Å². The largest absolute Gasteiger partial charge is 0.423 e. The summed E-state index contributed by atoms with van der Waals surface area (Å²) in [5, 5.41) is 0.684. The molecule has 0 aliphatic rings. The molecule has 3 aromatic carbocycles. The molecular formula is C21H16ClNO2. The summed E-state index contributed by atoms with van der Waals surface area (Å²) in [5.74, 6) is -0.0110. The van der Waals surface area contributed by atoms with Gasteiger partial charge in [-0.25, -0.2) is 4.79 Å². The van der Waals surface area contributed by atoms with E-state index >= 15 is 0 Å². The first-order valence-corrected chi connectivity index (χ1v) is 8.10. The highest BCUT2D eigenvalue weighted by Gasteiger charge is 2.12. The van der Waals surface area contributed by atoms with Gasteiger partial charge in [-0.05, 0) is 60.7 Å². The fourth-order valence-electron chi connectivity index (χ4n) is 2.44. The zero-order valence-electron chi connectivity index (χ0n) is 13.4. The number of hydrogen-bond acceptors (Lipinski definition) is 3. The van der Waals surface area contributed by atoms with Crippen molar-refractivity contribution in [2.45, 2.75) is 0 Å². The molecule has 0 saturated heterocycles. The van der Waals surface area contributed by atoms with Crippen LogP contribution in [0.2, 0.25) is 5.02 Å². The molecule has 3 aromatic rings. The summed E-state index contributed by atoms with van der Waals surface area (Å²) in [4.78, 5) is 13.4. The van der Waals surface area contributed by atoms with Gasteiger partial charge in [0.1, 0.15) is 5.75 Å². The number of ether oxygens (including phenoxy) is 1. The number of nitrogens with zero attached hydrogens (tertiary/aromatic N) is 1. The van der Waals surface area contributed by atoms with E-state index in [4.69, 9.17) is 16.3 Å². The van der Waals surface area contributed by atoms with Crippen LogP contribution in [0.15, 0.2) is 91.5 Å². The smallest absolute Gasteiger partial charge is 0.335 e. The molecule has 0 heterocycles. The lowest BCUT2D eigenvalue weighted by molar-refractivity contribution is -0.128. The van der Waals surface area contributed by atoms with Gasteiger partial charge in [-0.1, -0.05) is 36.4 Å². The number of carbonyl (C=O) groups excluding carboxylic acids is 1. The third kappa shape index (κ3) is 4.08. The van der Waals surface area contributed by atoms with Gasteiger partial charge in [0.2, 0.25) is 0 Å². The highest BCUT2D eigenvalue weighted by Crippen LogP contribution is 2.35. The van der Waals surface area contributed by atoms with Gasteiger partial charge in [0.25, 0.3) is 0 Å². The third-order valence-electron chi connectivity index (χ3n) is 3.58. The fourth-order valence-corrected chi connectivity index (χ4v) is 2.56. The third-order valence-corrected chi connectivity index (χ3v) is 3.83. The zero-order chi connectivity index (χ0) is 17.6. The molecular weight excluding hydrogens is 334 g/mol. The SMILES string of the molecule is C=CC(=O)Oc1ccc(N(c2ccccc2)c2ccc(Cl)cc2)cc1. The van der Waals surface area contributed by atoms with Gasteiger partial charge >= 0.3 is 5.97 Å². The van der Waals surface area contributed by atoms with E-state index in [1.165, 1.54) is 0 Å². The molecule has 0 atom stereocenters. The molecule has 0 bridgehead atoms. The predicted molar refractivity (Wildman–Crippen MR) is 102 cm³/mol. The Labute approximate surface area is 151 Å². The second kappa shape index (κ2) is 7.69. The highest BCUT2D eigenvalue weighted by molar-refractivity contribution is 6.30. The normalized spacial score (nSPS) is 10.1. The van der Waals surface area contributed by atoms with E-state index in [0.29, 0.717) is 10.8 Å². The van der Waals surface area contributed by atoms with Crippen LogP contribution in [0.3, 0.4) is 0 Å². The van der Waals surface area contributed by atoms with Gasteiger partial charge in [-0.3, -0.25) is 0 Å². The predicted octanol–water partition coefficient (Wildman–Crippen LogP) is 5.90. The standard InChI is InChI=1S/C21H16ClNO2/c1-2-21(24)25-20-14-12-19(13-15-20)23(17-6-4-3-5-7-17)18-10-8-16(22)9-11-18/h2-15H,1H2. The van der Waals surface area contributed by atoms with Crippen molar-refractivity contribution in [1.82, 2.24) is 0 Å². The summed E-state index contributed by atoms with van der Waals surface area (Å²) in [5.41, 5.74) is 2.93. The van der Waals surface area contributed by atoms with Crippen molar-refractivity contribution in [2.75, 3.05) is 4.90 Å². The first-order chi connectivity index (χ1) is 12.2. The van der Waals surface area contributed by atoms with E-state index < -0.39 is 5.97 Å². The molecule has 0 N–H and O–H groups in total. The van der Waals surface area contributed by atoms with Crippen molar-refractivity contribution in [2.24, 2.45) is 0 Å². The lowest BCUT2D eigenvalue weighted by atomic mass is 10.2. The Morgan fingerprint density at radius 3 is 1.92 bits per heavy atom. The number of esters is 1. The molecule has 124 valence electrons. The molecule has 0 spiro atoms. The van der Waals surface area contributed by atoms with Gasteiger partial charge in [-0.15, -0.1) is 0 Å². The van der Waals surface area contributed by atoms with Crippen molar-refractivity contribution in [3.05, 3.63) is 96.5 Å². The maximum Gasteiger partial charge on any atom is 0.335 e. The van der Waals surface area contributed by atoms with Gasteiger partial charge in [0.15, 0.2) is 0 Å². The van der Waals surface area contributed by atoms with Crippen molar-refractivity contribution >= 4 is 34.6 Å². The maximum atomic E-state index is 11.3. The number of rotatable bonds is 5. The minimum atomic E-state index is -0.481. The first-order valence-electron chi connectivity index (χ1n) is 7.72. The van der Waals surface area contributed by atoms with E-state index in [1.54, 1.807) is 12.1 Å². The monoisotopic (exact) mass is 349 g/mol. The Morgan fingerprint density at radius 1 is 0.840 bits per heavy atom. The van der Waals surface area contributed by atoms with Crippen LogP contribution in [0.1, 0.15) is 0 Å². The topological polar surface area (TPSA) is 29.5 Å². The summed E-state index contributed by atoms with van der Waals surface area (Å²) in [6.07, 6.45) is 1.14. The fraction of sp³-hybridized carbons (Fsp3) is 0. The van der Waals surface area contributed by atoms with Crippen molar-refractivity contribution in [3.8, 4) is 5.75 Å². The highest BCUT2D eigenvalue weighted by atomic mass is 35.5. The van der Waals surface area contributed by atoms with Gasteiger partial charge < -0.3 is 9.64 Å². The van der Waals surface area contributed by atoms with Crippen LogP contribution < -0.4 is 9.64 Å². The van der Waals surface area contributed by atoms with Crippen LogP contribution in [0.4, 0.5) is 17.1 Å². The van der Waals surface area contributed by atoms with Crippen molar-refractivity contribution in [1.29, 1.82) is 0 Å². The van der Waals surface area contributed by atoms with Crippen molar-refractivity contribution in [3.63, 3.8) is 0 Å². The second-order valence-corrected chi connectivity index (χ2v) is 5.70. The minimum Gasteiger partial charge on any atom is -0.423 e. The van der Waals surface area contributed by atoms with E-state index in [9.17, 15) is 4.79 Å². The summed E-state index contributed by atoms with van der Waals surface area (Å²) < 4.78 is 5.13. The number of hydrogen-bond donors (Lipinski definition) is 0. The molecule has 0 aliphatic carbocycles. The van der Waals surface area contributed by atoms with Crippen LogP contribution in [-0.4, -0.2) is 5.97 Å².